The van der Waals surface area contributed by atoms with E-state index >= 15 is 0 Å². The molecule has 0 aliphatic heterocycles. The lowest BCUT2D eigenvalue weighted by molar-refractivity contribution is 0.231. The van der Waals surface area contributed by atoms with Crippen molar-refractivity contribution in [3.05, 3.63) is 35.4 Å². The van der Waals surface area contributed by atoms with Gasteiger partial charge in [-0.05, 0) is 67.4 Å². The average molecular weight is 271 g/mol. The minimum absolute atomic E-state index is 0.411. The Morgan fingerprint density at radius 1 is 1.15 bits per heavy atom. The van der Waals surface area contributed by atoms with Gasteiger partial charge in [-0.2, -0.15) is 0 Å². The lowest BCUT2D eigenvalue weighted by atomic mass is 9.73. The maximum Gasteiger partial charge on any atom is 0.00730 e. The highest BCUT2D eigenvalue weighted by Gasteiger charge is 2.28. The van der Waals surface area contributed by atoms with Gasteiger partial charge in [0.25, 0.3) is 0 Å². The number of nitrogens with two attached hydrogens (primary N) is 1. The van der Waals surface area contributed by atoms with Crippen LogP contribution in [0, 0.1) is 11.8 Å². The van der Waals surface area contributed by atoms with Crippen LogP contribution < -0.4 is 5.73 Å². The Bertz CT molecular complexity index is 439. The van der Waals surface area contributed by atoms with E-state index in [1.54, 1.807) is 11.1 Å². The van der Waals surface area contributed by atoms with Gasteiger partial charge in [-0.25, -0.2) is 0 Å². The fourth-order valence-corrected chi connectivity index (χ4v) is 4.49. The van der Waals surface area contributed by atoms with E-state index in [-0.39, 0.29) is 0 Å². The summed E-state index contributed by atoms with van der Waals surface area (Å²) in [6, 6.07) is 9.45. The summed E-state index contributed by atoms with van der Waals surface area (Å²) in [6.07, 6.45) is 10.7. The fourth-order valence-electron chi connectivity index (χ4n) is 4.49. The van der Waals surface area contributed by atoms with Gasteiger partial charge in [0.1, 0.15) is 0 Å². The van der Waals surface area contributed by atoms with Gasteiger partial charge < -0.3 is 5.73 Å². The van der Waals surface area contributed by atoms with Crippen LogP contribution in [0.25, 0.3) is 0 Å². The summed E-state index contributed by atoms with van der Waals surface area (Å²) in [5.41, 5.74) is 9.77. The van der Waals surface area contributed by atoms with Gasteiger partial charge in [-0.1, -0.05) is 44.0 Å². The Morgan fingerprint density at radius 2 is 2.00 bits per heavy atom. The second kappa shape index (κ2) is 6.30. The van der Waals surface area contributed by atoms with E-state index in [0.717, 1.165) is 11.8 Å². The van der Waals surface area contributed by atoms with Crippen molar-refractivity contribution in [3.8, 4) is 0 Å². The molecule has 0 spiro atoms. The Kier molecular flexibility index (Phi) is 4.45. The summed E-state index contributed by atoms with van der Waals surface area (Å²) in [4.78, 5) is 0. The van der Waals surface area contributed by atoms with Crippen LogP contribution in [-0.2, 0) is 6.42 Å². The molecule has 0 heterocycles. The molecule has 0 amide bonds. The number of hydrogen-bond donors (Lipinski definition) is 1. The molecule has 2 N–H and O–H groups in total. The second-order valence-corrected chi connectivity index (χ2v) is 7.22. The first-order chi connectivity index (χ1) is 9.74. The number of fused-ring (bicyclic) bond motifs is 1. The summed E-state index contributed by atoms with van der Waals surface area (Å²) < 4.78 is 0. The van der Waals surface area contributed by atoms with Gasteiger partial charge in [0.2, 0.25) is 0 Å². The average Bonchev–Trinajstić information content (AvgIpc) is 2.47. The van der Waals surface area contributed by atoms with Gasteiger partial charge in [-0.3, -0.25) is 0 Å². The highest BCUT2D eigenvalue weighted by Crippen LogP contribution is 2.38. The smallest absolute Gasteiger partial charge is 0.00730 e. The summed E-state index contributed by atoms with van der Waals surface area (Å²) in [5, 5.41) is 0. The lowest BCUT2D eigenvalue weighted by Crippen LogP contribution is -2.35. The molecule has 2 aliphatic rings. The van der Waals surface area contributed by atoms with Gasteiger partial charge >= 0.3 is 0 Å². The molecular weight excluding hydrogens is 242 g/mol. The predicted octanol–water partition coefficient (Wildman–Crippen LogP) is 4.65. The van der Waals surface area contributed by atoms with E-state index in [2.05, 4.69) is 31.2 Å². The SMILES string of the molecule is CC1CCCC(C(N)CC2CCCc3ccccc32)C1. The Hall–Kier alpha value is -0.820. The van der Waals surface area contributed by atoms with E-state index in [1.807, 2.05) is 0 Å². The molecular formula is C19H29N. The van der Waals surface area contributed by atoms with E-state index in [0.29, 0.717) is 12.0 Å². The zero-order chi connectivity index (χ0) is 13.9. The highest BCUT2D eigenvalue weighted by atomic mass is 14.7. The van der Waals surface area contributed by atoms with Crippen LogP contribution in [0.3, 0.4) is 0 Å². The molecule has 3 rings (SSSR count). The number of benzene rings is 1. The first-order valence-corrected chi connectivity index (χ1v) is 8.57. The quantitative estimate of drug-likeness (QED) is 0.851. The predicted molar refractivity (Wildman–Crippen MR) is 85.8 cm³/mol. The monoisotopic (exact) mass is 271 g/mol. The molecule has 1 fully saturated rings. The maximum absolute atomic E-state index is 6.60. The van der Waals surface area contributed by atoms with E-state index in [9.17, 15) is 0 Å². The molecule has 0 aromatic heterocycles. The van der Waals surface area contributed by atoms with Crippen molar-refractivity contribution >= 4 is 0 Å². The molecule has 1 aromatic carbocycles. The van der Waals surface area contributed by atoms with Crippen LogP contribution in [0.1, 0.15) is 68.9 Å². The fraction of sp³-hybridized carbons (Fsp3) is 0.684. The van der Waals surface area contributed by atoms with Crippen molar-refractivity contribution in [1.29, 1.82) is 0 Å². The molecule has 1 heteroatoms. The van der Waals surface area contributed by atoms with Crippen molar-refractivity contribution < 1.29 is 0 Å². The molecule has 0 saturated heterocycles. The Balaban J connectivity index is 1.66. The van der Waals surface area contributed by atoms with Crippen LogP contribution >= 0.6 is 0 Å². The first-order valence-electron chi connectivity index (χ1n) is 8.57. The molecule has 1 aromatic rings. The van der Waals surface area contributed by atoms with Crippen molar-refractivity contribution in [1.82, 2.24) is 0 Å². The second-order valence-electron chi connectivity index (χ2n) is 7.22. The largest absolute Gasteiger partial charge is 0.327 e. The molecule has 110 valence electrons. The molecule has 0 bridgehead atoms. The van der Waals surface area contributed by atoms with E-state index < -0.39 is 0 Å². The summed E-state index contributed by atoms with van der Waals surface area (Å²) >= 11 is 0. The minimum atomic E-state index is 0.411. The number of rotatable bonds is 3. The van der Waals surface area contributed by atoms with E-state index in [1.165, 1.54) is 51.4 Å². The Morgan fingerprint density at radius 3 is 2.85 bits per heavy atom. The lowest BCUT2D eigenvalue weighted by Gasteiger charge is -2.34. The molecule has 4 atom stereocenters. The van der Waals surface area contributed by atoms with Gasteiger partial charge in [0.05, 0.1) is 0 Å². The molecule has 2 aliphatic carbocycles. The standard InChI is InChI=1S/C19H29N/c1-14-6-4-10-17(12-14)19(20)13-16-9-5-8-15-7-2-3-11-18(15)16/h2-3,7,11,14,16-17,19H,4-6,8-10,12-13,20H2,1H3. The summed E-state index contributed by atoms with van der Waals surface area (Å²) in [5.74, 6) is 2.37. The maximum atomic E-state index is 6.60. The summed E-state index contributed by atoms with van der Waals surface area (Å²) in [7, 11) is 0. The van der Waals surface area contributed by atoms with Gasteiger partial charge in [0, 0.05) is 6.04 Å². The third kappa shape index (κ3) is 3.09. The van der Waals surface area contributed by atoms with Gasteiger partial charge in [0.15, 0.2) is 0 Å². The third-order valence-electron chi connectivity index (χ3n) is 5.63. The van der Waals surface area contributed by atoms with Crippen molar-refractivity contribution in [2.45, 2.75) is 70.3 Å². The van der Waals surface area contributed by atoms with Crippen molar-refractivity contribution in [2.75, 3.05) is 0 Å². The van der Waals surface area contributed by atoms with Crippen molar-refractivity contribution in [3.63, 3.8) is 0 Å². The van der Waals surface area contributed by atoms with Crippen LogP contribution in [0.2, 0.25) is 0 Å². The van der Waals surface area contributed by atoms with Crippen LogP contribution in [0.15, 0.2) is 24.3 Å². The zero-order valence-corrected chi connectivity index (χ0v) is 12.9. The Labute approximate surface area is 124 Å². The van der Waals surface area contributed by atoms with Crippen LogP contribution in [0.4, 0.5) is 0 Å². The number of hydrogen-bond acceptors (Lipinski definition) is 1. The van der Waals surface area contributed by atoms with Crippen LogP contribution in [-0.4, -0.2) is 6.04 Å². The van der Waals surface area contributed by atoms with E-state index in [4.69, 9.17) is 5.73 Å². The molecule has 4 unspecified atom stereocenters. The third-order valence-corrected chi connectivity index (χ3v) is 5.63. The van der Waals surface area contributed by atoms with Crippen molar-refractivity contribution in [2.24, 2.45) is 17.6 Å². The minimum Gasteiger partial charge on any atom is -0.327 e. The highest BCUT2D eigenvalue weighted by molar-refractivity contribution is 5.32. The number of aryl methyl sites for hydroxylation is 1. The molecule has 0 radical (unpaired) electrons. The molecule has 20 heavy (non-hydrogen) atoms. The topological polar surface area (TPSA) is 26.0 Å². The summed E-state index contributed by atoms with van der Waals surface area (Å²) in [6.45, 7) is 2.40. The van der Waals surface area contributed by atoms with Gasteiger partial charge in [-0.15, -0.1) is 0 Å². The molecule has 1 saturated carbocycles. The molecule has 1 nitrogen and oxygen atoms in total. The normalized spacial score (nSPS) is 31.6. The zero-order valence-electron chi connectivity index (χ0n) is 12.9. The first kappa shape index (κ1) is 14.1. The van der Waals surface area contributed by atoms with Crippen LogP contribution in [0.5, 0.6) is 0 Å².